The molecule has 3 rings (SSSR count). The van der Waals surface area contributed by atoms with Crippen LogP contribution in [0, 0.1) is 0 Å². The Hall–Kier alpha value is -1.77. The highest BCUT2D eigenvalue weighted by molar-refractivity contribution is 7.90. The maximum Gasteiger partial charge on any atom is 0.175 e. The van der Waals surface area contributed by atoms with E-state index in [1.807, 2.05) is 0 Å². The second kappa shape index (κ2) is 7.33. The molecule has 0 saturated carbocycles. The van der Waals surface area contributed by atoms with Gasteiger partial charge in [0.2, 0.25) is 0 Å². The molecule has 1 aromatic carbocycles. The van der Waals surface area contributed by atoms with Gasteiger partial charge in [-0.15, -0.1) is 0 Å². The summed E-state index contributed by atoms with van der Waals surface area (Å²) in [5.41, 5.74) is 0.601. The lowest BCUT2D eigenvalue weighted by atomic mass is 10.00. The Bertz CT molecular complexity index is 920. The fourth-order valence-corrected chi connectivity index (χ4v) is 4.14. The highest BCUT2D eigenvalue weighted by Crippen LogP contribution is 2.25. The molecule has 148 valence electrons. The average Bonchev–Trinajstić information content (AvgIpc) is 2.58. The Balaban J connectivity index is 1.84. The summed E-state index contributed by atoms with van der Waals surface area (Å²) < 4.78 is 29.6. The van der Waals surface area contributed by atoms with Gasteiger partial charge in [0.25, 0.3) is 0 Å². The summed E-state index contributed by atoms with van der Waals surface area (Å²) >= 11 is 0. The van der Waals surface area contributed by atoms with E-state index < -0.39 is 9.84 Å². The average molecular weight is 393 g/mol. The van der Waals surface area contributed by atoms with E-state index in [1.54, 1.807) is 18.2 Å². The summed E-state index contributed by atoms with van der Waals surface area (Å²) in [5.74, 6) is 0.646. The van der Waals surface area contributed by atoms with Gasteiger partial charge in [0.15, 0.2) is 9.84 Å². The zero-order valence-corrected chi connectivity index (χ0v) is 17.4. The van der Waals surface area contributed by atoms with Crippen LogP contribution in [0.3, 0.4) is 0 Å². The summed E-state index contributed by atoms with van der Waals surface area (Å²) in [5, 5.41) is 4.11. The van der Waals surface area contributed by atoms with Crippen molar-refractivity contribution in [1.29, 1.82) is 0 Å². The number of rotatable bonds is 5. The maximum atomic E-state index is 11.9. The molecule has 8 heteroatoms. The lowest BCUT2D eigenvalue weighted by Crippen LogP contribution is -2.57. The summed E-state index contributed by atoms with van der Waals surface area (Å²) in [4.78, 5) is 11.3. The summed E-state index contributed by atoms with van der Waals surface area (Å²) in [6, 6.07) is 4.93. The molecule has 0 amide bonds. The monoisotopic (exact) mass is 392 g/mol. The van der Waals surface area contributed by atoms with Gasteiger partial charge in [0, 0.05) is 36.8 Å². The second-order valence-electron chi connectivity index (χ2n) is 8.00. The van der Waals surface area contributed by atoms with Gasteiger partial charge in [-0.3, -0.25) is 4.90 Å². The third-order valence-electron chi connectivity index (χ3n) is 5.00. The van der Waals surface area contributed by atoms with E-state index >= 15 is 0 Å². The Kier molecular flexibility index (Phi) is 5.42. The highest BCUT2D eigenvalue weighted by Gasteiger charge is 2.33. The number of sulfone groups is 1. The quantitative estimate of drug-likeness (QED) is 0.836. The molecule has 27 heavy (non-hydrogen) atoms. The van der Waals surface area contributed by atoms with Crippen LogP contribution in [0.4, 0.5) is 5.82 Å². The number of benzene rings is 1. The molecule has 1 fully saturated rings. The minimum Gasteiger partial charge on any atom is -0.373 e. The molecule has 0 radical (unpaired) electrons. The van der Waals surface area contributed by atoms with Crippen LogP contribution in [-0.4, -0.2) is 66.9 Å². The fraction of sp³-hybridized carbons (Fsp3) is 0.579. The van der Waals surface area contributed by atoms with Gasteiger partial charge in [-0.1, -0.05) is 0 Å². The van der Waals surface area contributed by atoms with Crippen molar-refractivity contribution in [3.63, 3.8) is 0 Å². The first-order chi connectivity index (χ1) is 12.6. The summed E-state index contributed by atoms with van der Waals surface area (Å²) in [6.45, 7) is 11.0. The van der Waals surface area contributed by atoms with E-state index in [4.69, 9.17) is 4.74 Å². The molecule has 0 spiro atoms. The molecule has 2 aromatic rings. The third-order valence-corrected chi connectivity index (χ3v) is 6.11. The fourth-order valence-electron chi connectivity index (χ4n) is 3.49. The first-order valence-corrected chi connectivity index (χ1v) is 11.0. The maximum absolute atomic E-state index is 11.9. The smallest absolute Gasteiger partial charge is 0.175 e. The van der Waals surface area contributed by atoms with Crippen molar-refractivity contribution in [3.05, 3.63) is 24.5 Å². The summed E-state index contributed by atoms with van der Waals surface area (Å²) in [7, 11) is -3.29. The molecule has 2 atom stereocenters. The van der Waals surface area contributed by atoms with Crippen LogP contribution >= 0.6 is 0 Å². The Morgan fingerprint density at radius 3 is 2.52 bits per heavy atom. The van der Waals surface area contributed by atoms with Crippen molar-refractivity contribution < 1.29 is 13.2 Å². The molecule has 7 nitrogen and oxygen atoms in total. The molecule has 2 unspecified atom stereocenters. The van der Waals surface area contributed by atoms with Crippen molar-refractivity contribution in [2.75, 3.05) is 31.2 Å². The first-order valence-electron chi connectivity index (χ1n) is 9.15. The molecule has 1 N–H and O–H groups in total. The second-order valence-corrected chi connectivity index (χ2v) is 10.0. The Morgan fingerprint density at radius 1 is 1.22 bits per heavy atom. The van der Waals surface area contributed by atoms with Crippen LogP contribution in [0.15, 0.2) is 29.4 Å². The van der Waals surface area contributed by atoms with Gasteiger partial charge >= 0.3 is 0 Å². The number of morpholine rings is 1. The first kappa shape index (κ1) is 20.0. The normalized spacial score (nSPS) is 22.1. The topological polar surface area (TPSA) is 84.4 Å². The van der Waals surface area contributed by atoms with E-state index in [0.29, 0.717) is 23.3 Å². The number of nitrogens with zero attached hydrogens (tertiary/aromatic N) is 3. The van der Waals surface area contributed by atoms with E-state index in [9.17, 15) is 8.42 Å². The van der Waals surface area contributed by atoms with E-state index in [-0.39, 0.29) is 22.6 Å². The zero-order chi connectivity index (χ0) is 19.8. The van der Waals surface area contributed by atoms with Crippen LogP contribution in [0.5, 0.6) is 0 Å². The number of nitrogens with one attached hydrogen (secondary N) is 1. The van der Waals surface area contributed by atoms with Crippen molar-refractivity contribution >= 4 is 26.6 Å². The Morgan fingerprint density at radius 2 is 1.89 bits per heavy atom. The van der Waals surface area contributed by atoms with E-state index in [1.165, 1.54) is 12.6 Å². The third kappa shape index (κ3) is 4.56. The van der Waals surface area contributed by atoms with Crippen LogP contribution in [0.2, 0.25) is 0 Å². The number of ether oxygens (including phenoxy) is 1. The predicted octanol–water partition coefficient (Wildman–Crippen LogP) is 2.33. The van der Waals surface area contributed by atoms with Crippen molar-refractivity contribution in [3.8, 4) is 0 Å². The van der Waals surface area contributed by atoms with Gasteiger partial charge in [0.1, 0.15) is 12.1 Å². The molecule has 1 aromatic heterocycles. The van der Waals surface area contributed by atoms with Gasteiger partial charge in [-0.25, -0.2) is 18.4 Å². The van der Waals surface area contributed by atoms with Crippen LogP contribution in [0.25, 0.3) is 10.9 Å². The van der Waals surface area contributed by atoms with Crippen LogP contribution < -0.4 is 5.32 Å². The molecule has 1 saturated heterocycles. The van der Waals surface area contributed by atoms with Gasteiger partial charge in [-0.2, -0.15) is 0 Å². The SMILES string of the molecule is CC1CN(C(C)(C)CNc2ncnc3ccc(S(C)(=O)=O)cc23)CC(C)O1. The van der Waals surface area contributed by atoms with Crippen LogP contribution in [0.1, 0.15) is 27.7 Å². The number of anilines is 1. The number of hydrogen-bond acceptors (Lipinski definition) is 7. The molecular formula is C19H28N4O3S. The molecular weight excluding hydrogens is 364 g/mol. The number of hydrogen-bond donors (Lipinski definition) is 1. The van der Waals surface area contributed by atoms with E-state index in [2.05, 4.69) is 47.9 Å². The Labute approximate surface area is 161 Å². The van der Waals surface area contributed by atoms with Crippen molar-refractivity contribution in [1.82, 2.24) is 14.9 Å². The van der Waals surface area contributed by atoms with E-state index in [0.717, 1.165) is 13.1 Å². The summed E-state index contributed by atoms with van der Waals surface area (Å²) in [6.07, 6.45) is 3.10. The number of fused-ring (bicyclic) bond motifs is 1. The minimum absolute atomic E-state index is 0.113. The minimum atomic E-state index is -3.29. The molecule has 0 bridgehead atoms. The molecule has 1 aliphatic heterocycles. The van der Waals surface area contributed by atoms with Gasteiger partial charge < -0.3 is 10.1 Å². The van der Waals surface area contributed by atoms with Gasteiger partial charge in [-0.05, 0) is 45.9 Å². The number of aromatic nitrogens is 2. The standard InChI is InChI=1S/C19H28N4O3S/c1-13-9-23(10-14(2)26-13)19(3,4)11-20-18-16-8-15(27(5,24)25)6-7-17(16)21-12-22-18/h6-8,12-14H,9-11H2,1-5H3,(H,20,21,22). The van der Waals surface area contributed by atoms with Crippen molar-refractivity contribution in [2.45, 2.75) is 50.3 Å². The highest BCUT2D eigenvalue weighted by atomic mass is 32.2. The van der Waals surface area contributed by atoms with Gasteiger partial charge in [0.05, 0.1) is 22.6 Å². The van der Waals surface area contributed by atoms with Crippen molar-refractivity contribution in [2.24, 2.45) is 0 Å². The lowest BCUT2D eigenvalue weighted by Gasteiger charge is -2.45. The van der Waals surface area contributed by atoms with Crippen LogP contribution in [-0.2, 0) is 14.6 Å². The molecule has 1 aliphatic rings. The zero-order valence-electron chi connectivity index (χ0n) is 16.6. The lowest BCUT2D eigenvalue weighted by molar-refractivity contribution is -0.0933. The predicted molar refractivity (Wildman–Crippen MR) is 107 cm³/mol. The molecule has 0 aliphatic carbocycles. The molecule has 2 heterocycles. The largest absolute Gasteiger partial charge is 0.373 e.